The average molecular weight is 917 g/mol. The summed E-state index contributed by atoms with van der Waals surface area (Å²) in [5, 5.41) is 18.6. The first kappa shape index (κ1) is 45.4. The maximum absolute atomic E-state index is 12.7. The zero-order chi connectivity index (χ0) is 46.0. The molecule has 2 aromatic carbocycles. The van der Waals surface area contributed by atoms with Crippen LogP contribution in [0, 0.1) is 0 Å². The van der Waals surface area contributed by atoms with Crippen LogP contribution in [-0.2, 0) is 9.31 Å². The minimum atomic E-state index is -4.70. The maximum atomic E-state index is 12.7. The van der Waals surface area contributed by atoms with Crippen molar-refractivity contribution in [1.29, 1.82) is 0 Å². The number of halogens is 7. The normalized spacial score (nSPS) is 19.0. The third kappa shape index (κ3) is 11.4. The molecule has 328 valence electrons. The lowest BCUT2D eigenvalue weighted by atomic mass is 9.79. The molecule has 0 bridgehead atoms. The summed E-state index contributed by atoms with van der Waals surface area (Å²) in [5.74, 6) is 1.22. The number of aliphatic hydroxyl groups excluding tert-OH is 2. The molecule has 2 unspecified atom stereocenters. The van der Waals surface area contributed by atoms with Crippen LogP contribution in [0.1, 0.15) is 52.5 Å². The Balaban J connectivity index is 0.000000261. The monoisotopic (exact) mass is 915 g/mol. The van der Waals surface area contributed by atoms with Gasteiger partial charge in [-0.1, -0.05) is 40.2 Å². The number of benzene rings is 2. The smallest absolute Gasteiger partial charge is 0.412 e. The highest BCUT2D eigenvalue weighted by molar-refractivity contribution is 9.10. The predicted octanol–water partition coefficient (Wildman–Crippen LogP) is 6.41. The molecule has 0 spiro atoms. The Labute approximate surface area is 357 Å². The van der Waals surface area contributed by atoms with Gasteiger partial charge in [-0.3, -0.25) is 0 Å². The molecule has 7 rings (SSSR count). The van der Waals surface area contributed by atoms with E-state index in [4.69, 9.17) is 17.6 Å². The number of aliphatic hydroxyl groups is 2. The Hall–Kier alpha value is -4.18. The number of hydrogen-bond donors (Lipinski definition) is 3. The Morgan fingerprint density at radius 3 is 1.28 bits per heavy atom. The van der Waals surface area contributed by atoms with Crippen LogP contribution in [0.25, 0.3) is 0 Å². The molecule has 4 aromatic rings. The molecule has 3 fully saturated rings. The zero-order valence-electron chi connectivity index (χ0n) is 35.5. The summed E-state index contributed by atoms with van der Waals surface area (Å²) in [6.45, 7) is 14.1. The molecular weight excluding hydrogens is 863 g/mol. The Morgan fingerprint density at radius 2 is 0.967 bits per heavy atom. The van der Waals surface area contributed by atoms with Gasteiger partial charge in [0.2, 0.25) is 1.43 Å². The van der Waals surface area contributed by atoms with E-state index in [1.807, 2.05) is 73.9 Å². The van der Waals surface area contributed by atoms with Gasteiger partial charge < -0.3 is 50.7 Å². The molecule has 7 N–H and O–H groups in total. The van der Waals surface area contributed by atoms with E-state index in [2.05, 4.69) is 54.0 Å². The Morgan fingerprint density at radius 1 is 0.633 bits per heavy atom. The molecule has 12 nitrogen and oxygen atoms in total. The predicted molar refractivity (Wildman–Crippen MR) is 224 cm³/mol. The number of rotatable bonds is 7. The first-order valence-corrected chi connectivity index (χ1v) is 19.6. The topological polar surface area (TPSA) is 164 Å². The summed E-state index contributed by atoms with van der Waals surface area (Å²) in [6.07, 6.45) is -8.46. The highest BCUT2D eigenvalue weighted by Gasteiger charge is 2.51. The van der Waals surface area contributed by atoms with Crippen molar-refractivity contribution in [2.24, 2.45) is 0 Å². The van der Waals surface area contributed by atoms with E-state index >= 15 is 0 Å². The Kier molecular flexibility index (Phi) is 14.6. The minimum absolute atomic E-state index is 0.246. The number of anilines is 4. The molecular formula is C40H51BBrF6N7O5. The average Bonchev–Trinajstić information content (AvgIpc) is 3.50. The van der Waals surface area contributed by atoms with Crippen LogP contribution in [0.5, 0.6) is 0 Å². The van der Waals surface area contributed by atoms with Crippen LogP contribution in [0.4, 0.5) is 49.4 Å². The number of piperazine rings is 2. The van der Waals surface area contributed by atoms with Gasteiger partial charge in [0.25, 0.3) is 0 Å². The summed E-state index contributed by atoms with van der Waals surface area (Å²) in [6, 6.07) is 21.9. The van der Waals surface area contributed by atoms with Crippen LogP contribution in [0.3, 0.4) is 0 Å². The van der Waals surface area contributed by atoms with E-state index in [9.17, 15) is 36.6 Å². The second-order valence-electron chi connectivity index (χ2n) is 15.4. The van der Waals surface area contributed by atoms with Crippen molar-refractivity contribution in [3.63, 3.8) is 0 Å². The van der Waals surface area contributed by atoms with Gasteiger partial charge in [0, 0.05) is 91.7 Å². The summed E-state index contributed by atoms with van der Waals surface area (Å²) < 4.78 is 98.8. The number of nitrogens with zero attached hydrogens (tertiary/aromatic N) is 6. The van der Waals surface area contributed by atoms with Gasteiger partial charge in [-0.15, -0.1) is 0 Å². The molecule has 3 saturated heterocycles. The summed E-state index contributed by atoms with van der Waals surface area (Å²) in [4.78, 5) is 16.8. The van der Waals surface area contributed by atoms with Gasteiger partial charge in [0.15, 0.2) is 12.2 Å². The molecule has 60 heavy (non-hydrogen) atoms. The van der Waals surface area contributed by atoms with E-state index in [0.29, 0.717) is 24.7 Å². The van der Waals surface area contributed by atoms with E-state index in [1.54, 1.807) is 0 Å². The molecule has 0 amide bonds. The van der Waals surface area contributed by atoms with Crippen LogP contribution in [0.15, 0.2) is 89.7 Å². The SMILES string of the molecule is CC1(C)OB(c2ccc(N3CCN(c4ccc(C(O)C(F)(F)F)cn4)CC3)cc2)OC1(C)C.OC(c1ccc(N2CCN(c3ccc(Br)cc3)CC2)nc1)C(F)(F)F.[2H]N.[2H]O. The fraction of sp³-hybridized carbons (Fsp3) is 0.450. The van der Waals surface area contributed by atoms with Crippen LogP contribution in [-0.4, -0.2) is 109 Å². The standard InChI is InChI=1S/C23H29BF3N3O3.C17H17BrF3N3O.H3N.H2O/c1-21(2)22(3,4)33-24(32-21)17-6-8-18(9-7-17)29-11-13-30(14-12-29)19-10-5-16(15-28-19)20(31)23(25,26)27;18-13-2-4-14(5-3-13)23-7-9-24(10-8-23)15-6-1-12(11-22-15)16(25)17(19,20)21;;/h5-10,15,20,31H,11-14H2,1-4H3;1-6,11,16,25H,7-10H2;1H3;1H2/i/hD2. The summed E-state index contributed by atoms with van der Waals surface area (Å²) in [7, 11) is -0.397. The molecule has 0 radical (unpaired) electrons. The molecule has 3 aliphatic heterocycles. The maximum Gasteiger partial charge on any atom is 0.494 e. The fourth-order valence-corrected chi connectivity index (χ4v) is 7.00. The molecule has 20 heteroatoms. The lowest BCUT2D eigenvalue weighted by Crippen LogP contribution is -2.47. The fourth-order valence-electron chi connectivity index (χ4n) is 6.73. The molecule has 2 atom stereocenters. The third-order valence-electron chi connectivity index (χ3n) is 11.0. The first-order valence-electron chi connectivity index (χ1n) is 19.9. The van der Waals surface area contributed by atoms with Crippen molar-refractivity contribution >= 4 is 51.5 Å². The van der Waals surface area contributed by atoms with E-state index in [-0.39, 0.29) is 22.3 Å². The van der Waals surface area contributed by atoms with Crippen LogP contribution >= 0.6 is 15.9 Å². The first-order chi connectivity index (χ1) is 29.2. The number of hydrogen-bond acceptors (Lipinski definition) is 11. The zero-order valence-corrected chi connectivity index (χ0v) is 35.1. The highest BCUT2D eigenvalue weighted by atomic mass is 79.9. The van der Waals surface area contributed by atoms with E-state index in [1.165, 1.54) is 24.3 Å². The lowest BCUT2D eigenvalue weighted by Gasteiger charge is -2.37. The third-order valence-corrected chi connectivity index (χ3v) is 11.5. The molecule has 2 aromatic heterocycles. The van der Waals surface area contributed by atoms with Gasteiger partial charge in [-0.05, 0) is 81.7 Å². The molecule has 0 saturated carbocycles. The number of aromatic nitrogens is 2. The van der Waals surface area contributed by atoms with Crippen molar-refractivity contribution in [3.8, 4) is 0 Å². The largest absolute Gasteiger partial charge is 0.494 e. The van der Waals surface area contributed by atoms with Crippen LogP contribution in [0.2, 0.25) is 1.41 Å². The van der Waals surface area contributed by atoms with E-state index in [0.717, 1.165) is 73.0 Å². The van der Waals surface area contributed by atoms with Gasteiger partial charge in [0.05, 0.1) is 11.2 Å². The van der Waals surface area contributed by atoms with E-state index < -0.39 is 31.7 Å². The Bertz CT molecular complexity index is 1950. The van der Waals surface area contributed by atoms with Crippen molar-refractivity contribution in [1.82, 2.24) is 16.1 Å². The summed E-state index contributed by atoms with van der Waals surface area (Å²) in [5.41, 5.74) is 8.18. The molecule has 3 aliphatic rings. The molecule has 5 heterocycles. The van der Waals surface area contributed by atoms with Gasteiger partial charge >= 0.3 is 19.5 Å². The molecule has 0 aliphatic carbocycles. The van der Waals surface area contributed by atoms with Crippen LogP contribution < -0.4 is 31.2 Å². The van der Waals surface area contributed by atoms with Gasteiger partial charge in [-0.25, -0.2) is 9.97 Å². The quantitative estimate of drug-likeness (QED) is 0.139. The van der Waals surface area contributed by atoms with Crippen molar-refractivity contribution in [3.05, 3.63) is 101 Å². The highest BCUT2D eigenvalue weighted by Crippen LogP contribution is 2.37. The van der Waals surface area contributed by atoms with Crippen molar-refractivity contribution < 1.29 is 54.2 Å². The summed E-state index contributed by atoms with van der Waals surface area (Å²) >= 11 is 3.41. The van der Waals surface area contributed by atoms with Crippen molar-refractivity contribution in [2.75, 3.05) is 72.0 Å². The lowest BCUT2D eigenvalue weighted by molar-refractivity contribution is -0.207. The minimum Gasteiger partial charge on any atom is -0.412 e. The second kappa shape index (κ2) is 19.3. The second-order valence-corrected chi connectivity index (χ2v) is 16.3. The number of alkyl halides is 6. The number of pyridine rings is 2. The van der Waals surface area contributed by atoms with Gasteiger partial charge in [0.1, 0.15) is 13.0 Å². The van der Waals surface area contributed by atoms with Gasteiger partial charge in [-0.2, -0.15) is 26.3 Å². The van der Waals surface area contributed by atoms with Crippen molar-refractivity contribution in [2.45, 2.75) is 63.5 Å².